The molecule has 0 radical (unpaired) electrons. The lowest BCUT2D eigenvalue weighted by molar-refractivity contribution is -0.0708. The van der Waals surface area contributed by atoms with Crippen molar-refractivity contribution in [1.82, 2.24) is 9.80 Å². The number of likely N-dealkylation sites (tertiary alicyclic amines) is 1. The zero-order valence-corrected chi connectivity index (χ0v) is 17.3. The number of hydrogen-bond donors (Lipinski definition) is 0. The zero-order chi connectivity index (χ0) is 20.2. The van der Waals surface area contributed by atoms with Gasteiger partial charge in [-0.05, 0) is 50.0 Å². The standard InChI is InChI=1S/C24H30N2O3/c1-18-9-8-12-20(28-2)22(18)24(27)26-15-16-29-21(17-25-13-6-7-14-25)23(26)19-10-4-3-5-11-19/h3-5,8-12,21,23H,6-7,13-17H2,1-2H3/t21-,23-/m0/s1. The van der Waals surface area contributed by atoms with Crippen LogP contribution in [-0.2, 0) is 4.74 Å². The van der Waals surface area contributed by atoms with Gasteiger partial charge < -0.3 is 19.3 Å². The summed E-state index contributed by atoms with van der Waals surface area (Å²) in [7, 11) is 1.62. The smallest absolute Gasteiger partial charge is 0.258 e. The molecule has 5 nitrogen and oxygen atoms in total. The van der Waals surface area contributed by atoms with Gasteiger partial charge in [-0.2, -0.15) is 0 Å². The maximum absolute atomic E-state index is 13.7. The number of nitrogens with zero attached hydrogens (tertiary/aromatic N) is 2. The van der Waals surface area contributed by atoms with Crippen molar-refractivity contribution in [2.75, 3.05) is 39.9 Å². The number of methoxy groups -OCH3 is 1. The van der Waals surface area contributed by atoms with Crippen molar-refractivity contribution in [3.05, 3.63) is 65.2 Å². The summed E-state index contributed by atoms with van der Waals surface area (Å²) in [5.74, 6) is 0.646. The maximum Gasteiger partial charge on any atom is 0.258 e. The fourth-order valence-electron chi connectivity index (χ4n) is 4.61. The third kappa shape index (κ3) is 4.16. The van der Waals surface area contributed by atoms with E-state index < -0.39 is 0 Å². The third-order valence-electron chi connectivity index (χ3n) is 6.06. The summed E-state index contributed by atoms with van der Waals surface area (Å²) in [5, 5.41) is 0. The largest absolute Gasteiger partial charge is 0.496 e. The normalized spacial score (nSPS) is 22.6. The molecule has 0 aliphatic carbocycles. The van der Waals surface area contributed by atoms with E-state index in [2.05, 4.69) is 17.0 Å². The quantitative estimate of drug-likeness (QED) is 0.776. The highest BCUT2D eigenvalue weighted by Crippen LogP contribution is 2.34. The van der Waals surface area contributed by atoms with Crippen LogP contribution in [0.15, 0.2) is 48.5 Å². The Balaban J connectivity index is 1.69. The molecule has 0 unspecified atom stereocenters. The molecule has 2 heterocycles. The minimum atomic E-state index is -0.109. The van der Waals surface area contributed by atoms with Gasteiger partial charge >= 0.3 is 0 Å². The second kappa shape index (κ2) is 8.97. The predicted molar refractivity (Wildman–Crippen MR) is 113 cm³/mol. The molecule has 2 aromatic carbocycles. The number of amides is 1. The SMILES string of the molecule is COc1cccc(C)c1C(=O)N1CCO[C@@H](CN2CCCC2)[C@@H]1c1ccccc1. The van der Waals surface area contributed by atoms with E-state index in [4.69, 9.17) is 9.47 Å². The van der Waals surface area contributed by atoms with Gasteiger partial charge in [0.25, 0.3) is 5.91 Å². The molecule has 0 bridgehead atoms. The number of hydrogen-bond acceptors (Lipinski definition) is 4. The third-order valence-corrected chi connectivity index (χ3v) is 6.06. The number of rotatable bonds is 5. The highest BCUT2D eigenvalue weighted by Gasteiger charge is 2.38. The number of carbonyl (C=O) groups excluding carboxylic acids is 1. The zero-order valence-electron chi connectivity index (χ0n) is 17.3. The van der Waals surface area contributed by atoms with Crippen molar-refractivity contribution in [1.29, 1.82) is 0 Å². The molecular weight excluding hydrogens is 364 g/mol. The van der Waals surface area contributed by atoms with E-state index in [9.17, 15) is 4.79 Å². The van der Waals surface area contributed by atoms with Crippen LogP contribution in [-0.4, -0.2) is 61.7 Å². The molecule has 2 fully saturated rings. The van der Waals surface area contributed by atoms with Gasteiger partial charge in [0.15, 0.2) is 0 Å². The van der Waals surface area contributed by atoms with E-state index in [0.717, 1.165) is 30.8 Å². The van der Waals surface area contributed by atoms with Crippen molar-refractivity contribution in [2.45, 2.75) is 31.9 Å². The van der Waals surface area contributed by atoms with Crippen molar-refractivity contribution in [3.8, 4) is 5.75 Å². The first-order valence-corrected chi connectivity index (χ1v) is 10.5. The monoisotopic (exact) mass is 394 g/mol. The van der Waals surface area contributed by atoms with Crippen molar-refractivity contribution < 1.29 is 14.3 Å². The Hall–Kier alpha value is -2.37. The molecule has 5 heteroatoms. The second-order valence-corrected chi connectivity index (χ2v) is 7.92. The van der Waals surface area contributed by atoms with E-state index >= 15 is 0 Å². The number of morpholine rings is 1. The number of carbonyl (C=O) groups is 1. The van der Waals surface area contributed by atoms with Gasteiger partial charge in [0.2, 0.25) is 0 Å². The minimum Gasteiger partial charge on any atom is -0.496 e. The van der Waals surface area contributed by atoms with Crippen molar-refractivity contribution in [2.24, 2.45) is 0 Å². The summed E-state index contributed by atoms with van der Waals surface area (Å²) in [6.07, 6.45) is 2.44. The summed E-state index contributed by atoms with van der Waals surface area (Å²) >= 11 is 0. The summed E-state index contributed by atoms with van der Waals surface area (Å²) < 4.78 is 11.8. The van der Waals surface area contributed by atoms with Crippen LogP contribution >= 0.6 is 0 Å². The molecule has 0 spiro atoms. The van der Waals surface area contributed by atoms with Gasteiger partial charge in [-0.15, -0.1) is 0 Å². The summed E-state index contributed by atoms with van der Waals surface area (Å²) in [5.41, 5.74) is 2.71. The van der Waals surface area contributed by atoms with Crippen LogP contribution < -0.4 is 4.74 Å². The lowest BCUT2D eigenvalue weighted by Gasteiger charge is -2.43. The number of ether oxygens (including phenoxy) is 2. The Morgan fingerprint density at radius 2 is 1.83 bits per heavy atom. The van der Waals surface area contributed by atoms with Crippen LogP contribution in [0, 0.1) is 6.92 Å². The lowest BCUT2D eigenvalue weighted by atomic mass is 9.95. The first-order valence-electron chi connectivity index (χ1n) is 10.5. The van der Waals surface area contributed by atoms with Gasteiger partial charge in [0, 0.05) is 13.1 Å². The highest BCUT2D eigenvalue weighted by molar-refractivity contribution is 5.98. The maximum atomic E-state index is 13.7. The van der Waals surface area contributed by atoms with E-state index in [1.807, 2.05) is 48.2 Å². The number of aryl methyl sites for hydroxylation is 1. The molecule has 2 aliphatic heterocycles. The van der Waals surface area contributed by atoms with Crippen molar-refractivity contribution >= 4 is 5.91 Å². The van der Waals surface area contributed by atoms with E-state index in [0.29, 0.717) is 24.5 Å². The molecule has 2 atom stereocenters. The molecule has 2 aromatic rings. The Kier molecular flexibility index (Phi) is 6.16. The van der Waals surface area contributed by atoms with Gasteiger partial charge in [-0.3, -0.25) is 4.79 Å². The lowest BCUT2D eigenvalue weighted by Crippen LogP contribution is -2.51. The molecule has 1 amide bonds. The molecule has 0 aromatic heterocycles. The van der Waals surface area contributed by atoms with Crippen LogP contribution in [0.2, 0.25) is 0 Å². The van der Waals surface area contributed by atoms with Crippen LogP contribution in [0.4, 0.5) is 0 Å². The average molecular weight is 395 g/mol. The number of benzene rings is 2. The van der Waals surface area contributed by atoms with Crippen LogP contribution in [0.5, 0.6) is 5.75 Å². The Labute approximate surface area is 173 Å². The first kappa shape index (κ1) is 19.9. The molecule has 29 heavy (non-hydrogen) atoms. The van der Waals surface area contributed by atoms with E-state index in [1.54, 1.807) is 7.11 Å². The molecule has 4 rings (SSSR count). The van der Waals surface area contributed by atoms with Crippen LogP contribution in [0.1, 0.15) is 40.4 Å². The van der Waals surface area contributed by atoms with E-state index in [1.165, 1.54) is 12.8 Å². The fourth-order valence-corrected chi connectivity index (χ4v) is 4.61. The predicted octanol–water partition coefficient (Wildman–Crippen LogP) is 3.68. The second-order valence-electron chi connectivity index (χ2n) is 7.92. The Morgan fingerprint density at radius 3 is 2.55 bits per heavy atom. The fraction of sp³-hybridized carbons (Fsp3) is 0.458. The van der Waals surface area contributed by atoms with Crippen LogP contribution in [0.3, 0.4) is 0 Å². The van der Waals surface area contributed by atoms with Gasteiger partial charge in [0.05, 0.1) is 31.4 Å². The van der Waals surface area contributed by atoms with E-state index in [-0.39, 0.29) is 18.1 Å². The molecule has 0 N–H and O–H groups in total. The highest BCUT2D eigenvalue weighted by atomic mass is 16.5. The molecular formula is C24H30N2O3. The average Bonchev–Trinajstić information content (AvgIpc) is 3.26. The first-order chi connectivity index (χ1) is 14.2. The topological polar surface area (TPSA) is 42.0 Å². The van der Waals surface area contributed by atoms with Crippen LogP contribution in [0.25, 0.3) is 0 Å². The molecule has 2 saturated heterocycles. The molecule has 0 saturated carbocycles. The van der Waals surface area contributed by atoms with Gasteiger partial charge in [-0.1, -0.05) is 42.5 Å². The summed E-state index contributed by atoms with van der Waals surface area (Å²) in [6, 6.07) is 15.9. The molecule has 154 valence electrons. The summed E-state index contributed by atoms with van der Waals surface area (Å²) in [4.78, 5) is 18.2. The summed E-state index contributed by atoms with van der Waals surface area (Å²) in [6.45, 7) is 6.18. The minimum absolute atomic E-state index is 0.0172. The Morgan fingerprint density at radius 1 is 1.07 bits per heavy atom. The van der Waals surface area contributed by atoms with Gasteiger partial charge in [-0.25, -0.2) is 0 Å². The molecule has 2 aliphatic rings. The van der Waals surface area contributed by atoms with Crippen molar-refractivity contribution in [3.63, 3.8) is 0 Å². The van der Waals surface area contributed by atoms with Gasteiger partial charge in [0.1, 0.15) is 5.75 Å². The Bertz CT molecular complexity index is 833.